The molecule has 5 heteroatoms. The third kappa shape index (κ3) is 2.87. The molecule has 1 saturated heterocycles. The molecule has 1 unspecified atom stereocenters. The molecule has 1 atom stereocenters. The van der Waals surface area contributed by atoms with Crippen molar-refractivity contribution in [1.82, 2.24) is 5.32 Å². The van der Waals surface area contributed by atoms with Crippen LogP contribution in [0.1, 0.15) is 43.7 Å². The van der Waals surface area contributed by atoms with Crippen LogP contribution in [0.2, 0.25) is 5.02 Å². The molecule has 0 bridgehead atoms. The maximum atomic E-state index is 11.9. The first kappa shape index (κ1) is 14.7. The lowest BCUT2D eigenvalue weighted by atomic mass is 10.1. The Labute approximate surface area is 130 Å². The second-order valence-electron chi connectivity index (χ2n) is 5.86. The normalized spacial score (nSPS) is 22.5. The summed E-state index contributed by atoms with van der Waals surface area (Å²) in [4.78, 5) is 14.3. The summed E-state index contributed by atoms with van der Waals surface area (Å²) in [5.74, 6) is -0.00613. The summed E-state index contributed by atoms with van der Waals surface area (Å²) < 4.78 is 0. The van der Waals surface area contributed by atoms with Gasteiger partial charge in [0, 0.05) is 24.3 Å². The number of fused-ring (bicyclic) bond motifs is 1. The zero-order valence-corrected chi connectivity index (χ0v) is 13.2. The van der Waals surface area contributed by atoms with E-state index in [0.29, 0.717) is 0 Å². The van der Waals surface area contributed by atoms with Gasteiger partial charge in [-0.1, -0.05) is 30.9 Å². The smallest absolute Gasteiger partial charge is 0.246 e. The van der Waals surface area contributed by atoms with Gasteiger partial charge in [0.1, 0.15) is 6.04 Å². The topological polar surface area (TPSA) is 44.4 Å². The molecule has 0 aliphatic carbocycles. The Morgan fingerprint density at radius 1 is 1.19 bits per heavy atom. The first-order valence-corrected chi connectivity index (χ1v) is 8.15. The van der Waals surface area contributed by atoms with Crippen LogP contribution in [0.3, 0.4) is 0 Å². The van der Waals surface area contributed by atoms with Crippen molar-refractivity contribution >= 4 is 28.9 Å². The average molecular weight is 308 g/mol. The van der Waals surface area contributed by atoms with Gasteiger partial charge in [0.2, 0.25) is 5.91 Å². The predicted octanol–water partition coefficient (Wildman–Crippen LogP) is 3.32. The Morgan fingerprint density at radius 2 is 1.86 bits per heavy atom. The molecule has 1 amide bonds. The molecule has 1 fully saturated rings. The minimum Gasteiger partial charge on any atom is -0.370 e. The summed E-state index contributed by atoms with van der Waals surface area (Å²) in [5.41, 5.74) is 2.89. The van der Waals surface area contributed by atoms with Crippen LogP contribution in [0.15, 0.2) is 12.1 Å². The van der Waals surface area contributed by atoms with E-state index in [4.69, 9.17) is 11.6 Å². The van der Waals surface area contributed by atoms with Gasteiger partial charge >= 0.3 is 0 Å². The van der Waals surface area contributed by atoms with Gasteiger partial charge in [-0.2, -0.15) is 0 Å². The van der Waals surface area contributed by atoms with Gasteiger partial charge in [-0.3, -0.25) is 4.79 Å². The van der Waals surface area contributed by atoms with Gasteiger partial charge in [-0.25, -0.2) is 0 Å². The lowest BCUT2D eigenvalue weighted by Gasteiger charge is -2.28. The van der Waals surface area contributed by atoms with Crippen molar-refractivity contribution in [3.8, 4) is 0 Å². The molecule has 0 spiro atoms. The lowest BCUT2D eigenvalue weighted by molar-refractivity contribution is -0.117. The van der Waals surface area contributed by atoms with Gasteiger partial charge in [0.05, 0.1) is 10.7 Å². The molecule has 4 nitrogen and oxygen atoms in total. The number of hydrogen-bond donors (Lipinski definition) is 2. The van der Waals surface area contributed by atoms with E-state index < -0.39 is 0 Å². The summed E-state index contributed by atoms with van der Waals surface area (Å²) in [5, 5.41) is 6.72. The highest BCUT2D eigenvalue weighted by molar-refractivity contribution is 6.33. The Bertz CT molecular complexity index is 539. The number of carbonyl (C=O) groups is 1. The number of halogens is 1. The first-order valence-electron chi connectivity index (χ1n) is 7.77. The van der Waals surface area contributed by atoms with E-state index in [1.54, 1.807) is 7.05 Å². The summed E-state index contributed by atoms with van der Waals surface area (Å²) in [6, 6.07) is 3.68. The zero-order valence-electron chi connectivity index (χ0n) is 12.4. The van der Waals surface area contributed by atoms with E-state index in [0.717, 1.165) is 35.1 Å². The van der Waals surface area contributed by atoms with Crippen molar-refractivity contribution in [2.45, 2.75) is 38.1 Å². The van der Waals surface area contributed by atoms with Crippen molar-refractivity contribution in [2.24, 2.45) is 0 Å². The van der Waals surface area contributed by atoms with Crippen molar-refractivity contribution < 1.29 is 4.79 Å². The average Bonchev–Trinajstić information content (AvgIpc) is 2.72. The van der Waals surface area contributed by atoms with Crippen LogP contribution in [-0.2, 0) is 4.79 Å². The van der Waals surface area contributed by atoms with Crippen LogP contribution >= 0.6 is 11.6 Å². The minimum absolute atomic E-state index is 0.00613. The minimum atomic E-state index is -0.293. The van der Waals surface area contributed by atoms with Crippen LogP contribution in [0.5, 0.6) is 0 Å². The molecule has 0 aromatic heterocycles. The summed E-state index contributed by atoms with van der Waals surface area (Å²) in [7, 11) is 1.79. The van der Waals surface area contributed by atoms with Gasteiger partial charge in [0.15, 0.2) is 0 Å². The highest BCUT2D eigenvalue weighted by atomic mass is 35.5. The summed E-state index contributed by atoms with van der Waals surface area (Å²) >= 11 is 6.50. The highest BCUT2D eigenvalue weighted by Gasteiger charge is 2.30. The fraction of sp³-hybridized carbons (Fsp3) is 0.562. The summed E-state index contributed by atoms with van der Waals surface area (Å²) in [6.07, 6.45) is 6.33. The number of amides is 1. The Morgan fingerprint density at radius 3 is 2.52 bits per heavy atom. The molecule has 2 N–H and O–H groups in total. The van der Waals surface area contributed by atoms with Crippen LogP contribution < -0.4 is 15.5 Å². The first-order chi connectivity index (χ1) is 10.2. The molecule has 2 aliphatic heterocycles. The molecule has 0 saturated carbocycles. The standard InChI is InChI=1S/C16H22ClN3O/c1-18-15-11-9-12(17)14(10-13(11)19-16(15)21)20-7-5-3-2-4-6-8-20/h9-10,15,18H,2-8H2,1H3,(H,19,21). The predicted molar refractivity (Wildman–Crippen MR) is 87.2 cm³/mol. The van der Waals surface area contributed by atoms with Gasteiger partial charge in [-0.05, 0) is 32.0 Å². The second kappa shape index (κ2) is 6.24. The Hall–Kier alpha value is -1.26. The van der Waals surface area contributed by atoms with Crippen molar-refractivity contribution in [3.63, 3.8) is 0 Å². The van der Waals surface area contributed by atoms with Gasteiger partial charge in [-0.15, -0.1) is 0 Å². The quantitative estimate of drug-likeness (QED) is 0.881. The third-order valence-corrected chi connectivity index (χ3v) is 4.74. The van der Waals surface area contributed by atoms with E-state index in [1.165, 1.54) is 32.1 Å². The van der Waals surface area contributed by atoms with E-state index in [9.17, 15) is 4.79 Å². The molecule has 2 heterocycles. The molecule has 0 radical (unpaired) electrons. The zero-order chi connectivity index (χ0) is 14.8. The van der Waals surface area contributed by atoms with E-state index in [2.05, 4.69) is 15.5 Å². The molecular weight excluding hydrogens is 286 g/mol. The maximum Gasteiger partial charge on any atom is 0.246 e. The van der Waals surface area contributed by atoms with Crippen molar-refractivity contribution in [1.29, 1.82) is 0 Å². The van der Waals surface area contributed by atoms with Crippen LogP contribution in [0.25, 0.3) is 0 Å². The van der Waals surface area contributed by atoms with Gasteiger partial charge in [0.25, 0.3) is 0 Å². The lowest BCUT2D eigenvalue weighted by Crippen LogP contribution is -2.27. The molecule has 114 valence electrons. The van der Waals surface area contributed by atoms with E-state index in [-0.39, 0.29) is 11.9 Å². The number of nitrogens with zero attached hydrogens (tertiary/aromatic N) is 1. The number of hydrogen-bond acceptors (Lipinski definition) is 3. The van der Waals surface area contributed by atoms with Crippen LogP contribution in [0.4, 0.5) is 11.4 Å². The van der Waals surface area contributed by atoms with Crippen LogP contribution in [-0.4, -0.2) is 26.0 Å². The maximum absolute atomic E-state index is 11.9. The van der Waals surface area contributed by atoms with Crippen molar-refractivity contribution in [2.75, 3.05) is 30.4 Å². The fourth-order valence-electron chi connectivity index (χ4n) is 3.29. The van der Waals surface area contributed by atoms with Crippen molar-refractivity contribution in [3.05, 3.63) is 22.7 Å². The number of rotatable bonds is 2. The SMILES string of the molecule is CNC1C(=O)Nc2cc(N3CCCCCCC3)c(Cl)cc21. The van der Waals surface area contributed by atoms with E-state index in [1.807, 2.05) is 12.1 Å². The van der Waals surface area contributed by atoms with Crippen LogP contribution in [0, 0.1) is 0 Å². The molecular formula is C16H22ClN3O. The molecule has 2 aliphatic rings. The highest BCUT2D eigenvalue weighted by Crippen LogP contribution is 2.39. The van der Waals surface area contributed by atoms with E-state index >= 15 is 0 Å². The number of likely N-dealkylation sites (N-methyl/N-ethyl adjacent to an activating group) is 1. The summed E-state index contributed by atoms with van der Waals surface area (Å²) in [6.45, 7) is 2.09. The Balaban J connectivity index is 1.90. The third-order valence-electron chi connectivity index (χ3n) is 4.44. The monoisotopic (exact) mass is 307 g/mol. The van der Waals surface area contributed by atoms with Gasteiger partial charge < -0.3 is 15.5 Å². The molecule has 1 aromatic rings. The number of benzene rings is 1. The second-order valence-corrected chi connectivity index (χ2v) is 6.26. The number of nitrogens with one attached hydrogen (secondary N) is 2. The number of carbonyl (C=O) groups excluding carboxylic acids is 1. The number of anilines is 2. The largest absolute Gasteiger partial charge is 0.370 e. The fourth-order valence-corrected chi connectivity index (χ4v) is 3.58. The Kier molecular flexibility index (Phi) is 4.36. The molecule has 1 aromatic carbocycles. The molecule has 3 rings (SSSR count). The molecule has 21 heavy (non-hydrogen) atoms.